The van der Waals surface area contributed by atoms with Crippen molar-refractivity contribution in [3.8, 4) is 5.75 Å². The van der Waals surface area contributed by atoms with Crippen molar-refractivity contribution in [3.63, 3.8) is 0 Å². The fourth-order valence-electron chi connectivity index (χ4n) is 3.30. The van der Waals surface area contributed by atoms with Crippen LogP contribution in [0.5, 0.6) is 5.75 Å². The van der Waals surface area contributed by atoms with Gasteiger partial charge in [-0.25, -0.2) is 0 Å². The Morgan fingerprint density at radius 2 is 1.80 bits per heavy atom. The molecule has 1 saturated heterocycles. The number of hydrogen-bond donors (Lipinski definition) is 1. The lowest BCUT2D eigenvalue weighted by Gasteiger charge is -2.37. The van der Waals surface area contributed by atoms with E-state index in [2.05, 4.69) is 15.0 Å². The highest BCUT2D eigenvalue weighted by Gasteiger charge is 2.28. The quantitative estimate of drug-likeness (QED) is 0.748. The standard InChI is InChI=1S/C21H24F2N4O3/c1-15(20(29)25-17-7-2-3-8-18(17)30-21(22)23)26-10-12-27(13-11-26)19(28)14-16-6-4-5-9-24-16/h2-9,15,21H,10-14H2,1H3,(H,25,29)/t15-/m1/s1. The normalized spacial score (nSPS) is 15.7. The van der Waals surface area contributed by atoms with E-state index in [-0.39, 0.29) is 29.7 Å². The van der Waals surface area contributed by atoms with Crippen molar-refractivity contribution in [1.29, 1.82) is 0 Å². The van der Waals surface area contributed by atoms with E-state index in [4.69, 9.17) is 0 Å². The van der Waals surface area contributed by atoms with Crippen LogP contribution in [0.3, 0.4) is 0 Å². The van der Waals surface area contributed by atoms with E-state index in [1.54, 1.807) is 36.2 Å². The van der Waals surface area contributed by atoms with E-state index in [1.807, 2.05) is 17.0 Å². The molecule has 2 aromatic rings. The first-order valence-electron chi connectivity index (χ1n) is 9.70. The molecule has 160 valence electrons. The Labute approximate surface area is 173 Å². The Hall–Kier alpha value is -3.07. The second-order valence-electron chi connectivity index (χ2n) is 6.95. The zero-order valence-corrected chi connectivity index (χ0v) is 16.6. The first kappa shape index (κ1) is 21.6. The van der Waals surface area contributed by atoms with Gasteiger partial charge in [0, 0.05) is 38.1 Å². The predicted octanol–water partition coefficient (Wildman–Crippen LogP) is 2.40. The number of rotatable bonds is 7. The number of carbonyl (C=O) groups excluding carboxylic acids is 2. The molecule has 2 amide bonds. The van der Waals surface area contributed by atoms with Crippen LogP contribution in [0.15, 0.2) is 48.7 Å². The van der Waals surface area contributed by atoms with Crippen molar-refractivity contribution >= 4 is 17.5 Å². The fraction of sp³-hybridized carbons (Fsp3) is 0.381. The summed E-state index contributed by atoms with van der Waals surface area (Å²) in [5.41, 5.74) is 0.918. The van der Waals surface area contributed by atoms with Gasteiger partial charge in [0.15, 0.2) is 0 Å². The molecule has 3 rings (SSSR count). The number of amides is 2. The molecule has 0 saturated carbocycles. The van der Waals surface area contributed by atoms with Crippen LogP contribution in [0.25, 0.3) is 0 Å². The average molecular weight is 418 g/mol. The molecule has 1 aliphatic rings. The van der Waals surface area contributed by atoms with E-state index < -0.39 is 12.7 Å². The molecule has 1 aromatic carbocycles. The van der Waals surface area contributed by atoms with Crippen LogP contribution in [0, 0.1) is 0 Å². The number of alkyl halides is 2. The van der Waals surface area contributed by atoms with E-state index in [0.717, 1.165) is 5.69 Å². The number of halogens is 2. The summed E-state index contributed by atoms with van der Waals surface area (Å²) in [4.78, 5) is 33.0. The molecule has 2 heterocycles. The summed E-state index contributed by atoms with van der Waals surface area (Å²) >= 11 is 0. The van der Waals surface area contributed by atoms with Gasteiger partial charge in [0.05, 0.1) is 18.2 Å². The summed E-state index contributed by atoms with van der Waals surface area (Å²) in [6.45, 7) is 0.868. The molecule has 1 aromatic heterocycles. The molecule has 0 bridgehead atoms. The van der Waals surface area contributed by atoms with Crippen molar-refractivity contribution in [2.45, 2.75) is 26.0 Å². The summed E-state index contributed by atoms with van der Waals surface area (Å²) in [7, 11) is 0. The summed E-state index contributed by atoms with van der Waals surface area (Å²) in [5.74, 6) is -0.407. The highest BCUT2D eigenvalue weighted by molar-refractivity contribution is 5.95. The molecule has 1 atom stereocenters. The van der Waals surface area contributed by atoms with E-state index >= 15 is 0 Å². The number of hydrogen-bond acceptors (Lipinski definition) is 5. The van der Waals surface area contributed by atoms with Crippen LogP contribution >= 0.6 is 0 Å². The minimum atomic E-state index is -2.97. The monoisotopic (exact) mass is 418 g/mol. The lowest BCUT2D eigenvalue weighted by atomic mass is 10.2. The van der Waals surface area contributed by atoms with Gasteiger partial charge < -0.3 is 15.0 Å². The number of ether oxygens (including phenoxy) is 1. The lowest BCUT2D eigenvalue weighted by Crippen LogP contribution is -2.54. The second kappa shape index (κ2) is 10.1. The largest absolute Gasteiger partial charge is 0.433 e. The Bertz CT molecular complexity index is 858. The van der Waals surface area contributed by atoms with E-state index in [1.165, 1.54) is 12.1 Å². The van der Waals surface area contributed by atoms with Crippen molar-refractivity contribution in [2.24, 2.45) is 0 Å². The van der Waals surface area contributed by atoms with Gasteiger partial charge in [-0.15, -0.1) is 0 Å². The Kier molecular flexibility index (Phi) is 7.29. The Morgan fingerprint density at radius 3 is 2.47 bits per heavy atom. The van der Waals surface area contributed by atoms with Crippen molar-refractivity contribution < 1.29 is 23.1 Å². The fourth-order valence-corrected chi connectivity index (χ4v) is 3.30. The van der Waals surface area contributed by atoms with Gasteiger partial charge in [0.1, 0.15) is 5.75 Å². The number of aromatic nitrogens is 1. The number of piperazine rings is 1. The van der Waals surface area contributed by atoms with E-state index in [9.17, 15) is 18.4 Å². The topological polar surface area (TPSA) is 74.8 Å². The van der Waals surface area contributed by atoms with Gasteiger partial charge >= 0.3 is 6.61 Å². The van der Waals surface area contributed by atoms with Gasteiger partial charge in [0.25, 0.3) is 0 Å². The van der Waals surface area contributed by atoms with Crippen molar-refractivity contribution in [1.82, 2.24) is 14.8 Å². The molecule has 1 fully saturated rings. The van der Waals surface area contributed by atoms with Crippen LogP contribution in [-0.4, -0.2) is 65.4 Å². The summed E-state index contributed by atoms with van der Waals surface area (Å²) < 4.78 is 29.5. The molecule has 7 nitrogen and oxygen atoms in total. The number of para-hydroxylation sites is 2. The molecule has 0 unspecified atom stereocenters. The van der Waals surface area contributed by atoms with Crippen LogP contribution in [-0.2, 0) is 16.0 Å². The molecule has 30 heavy (non-hydrogen) atoms. The zero-order chi connectivity index (χ0) is 21.5. The first-order valence-corrected chi connectivity index (χ1v) is 9.70. The Morgan fingerprint density at radius 1 is 1.10 bits per heavy atom. The van der Waals surface area contributed by atoms with Gasteiger partial charge in [-0.3, -0.25) is 19.5 Å². The minimum Gasteiger partial charge on any atom is -0.433 e. The maximum Gasteiger partial charge on any atom is 0.387 e. The maximum absolute atomic E-state index is 12.6. The number of benzene rings is 1. The first-order chi connectivity index (χ1) is 14.4. The van der Waals surface area contributed by atoms with Crippen LogP contribution in [0.4, 0.5) is 14.5 Å². The van der Waals surface area contributed by atoms with Gasteiger partial charge in [-0.1, -0.05) is 18.2 Å². The third-order valence-electron chi connectivity index (χ3n) is 5.01. The summed E-state index contributed by atoms with van der Waals surface area (Å²) in [5, 5.41) is 2.65. The van der Waals surface area contributed by atoms with Crippen LogP contribution < -0.4 is 10.1 Å². The number of nitrogens with one attached hydrogen (secondary N) is 1. The third kappa shape index (κ3) is 5.73. The van der Waals surface area contributed by atoms with Crippen molar-refractivity contribution in [2.75, 3.05) is 31.5 Å². The summed E-state index contributed by atoms with van der Waals surface area (Å²) in [6, 6.07) is 11.0. The smallest absolute Gasteiger partial charge is 0.387 e. The molecular formula is C21H24F2N4O3. The minimum absolute atomic E-state index is 0.00327. The molecule has 1 aliphatic heterocycles. The number of pyridine rings is 1. The molecule has 0 spiro atoms. The molecule has 1 N–H and O–H groups in total. The van der Waals surface area contributed by atoms with Crippen molar-refractivity contribution in [3.05, 3.63) is 54.4 Å². The highest BCUT2D eigenvalue weighted by atomic mass is 19.3. The highest BCUT2D eigenvalue weighted by Crippen LogP contribution is 2.26. The molecular weight excluding hydrogens is 394 g/mol. The molecule has 0 radical (unpaired) electrons. The van der Waals surface area contributed by atoms with Gasteiger partial charge in [0.2, 0.25) is 11.8 Å². The number of anilines is 1. The third-order valence-corrected chi connectivity index (χ3v) is 5.01. The number of nitrogens with zero attached hydrogens (tertiary/aromatic N) is 3. The van der Waals surface area contributed by atoms with Crippen LogP contribution in [0.1, 0.15) is 12.6 Å². The SMILES string of the molecule is C[C@H](C(=O)Nc1ccccc1OC(F)F)N1CCN(C(=O)Cc2ccccn2)CC1. The maximum atomic E-state index is 12.6. The predicted molar refractivity (Wildman–Crippen MR) is 107 cm³/mol. The van der Waals surface area contributed by atoms with Gasteiger partial charge in [-0.2, -0.15) is 8.78 Å². The second-order valence-corrected chi connectivity index (χ2v) is 6.95. The number of carbonyl (C=O) groups is 2. The van der Waals surface area contributed by atoms with Crippen LogP contribution in [0.2, 0.25) is 0 Å². The lowest BCUT2D eigenvalue weighted by molar-refractivity contribution is -0.133. The summed E-state index contributed by atoms with van der Waals surface area (Å²) in [6.07, 6.45) is 1.91. The molecule has 9 heteroatoms. The average Bonchev–Trinajstić information content (AvgIpc) is 2.75. The zero-order valence-electron chi connectivity index (χ0n) is 16.6. The van der Waals surface area contributed by atoms with Gasteiger partial charge in [-0.05, 0) is 31.2 Å². The van der Waals surface area contributed by atoms with E-state index in [0.29, 0.717) is 26.2 Å². The Balaban J connectivity index is 1.52. The molecule has 0 aliphatic carbocycles.